The number of nitrogens with zero attached hydrogens (tertiary/aromatic N) is 1. The van der Waals surface area contributed by atoms with Crippen LogP contribution in [0.2, 0.25) is 0 Å². The van der Waals surface area contributed by atoms with Crippen LogP contribution in [0.4, 0.5) is 0 Å². The number of likely N-dealkylation sites (tertiary alicyclic amines) is 1. The van der Waals surface area contributed by atoms with Crippen molar-refractivity contribution >= 4 is 21.9 Å². The lowest BCUT2D eigenvalue weighted by Gasteiger charge is -2.21. The first kappa shape index (κ1) is 19.8. The summed E-state index contributed by atoms with van der Waals surface area (Å²) in [5.74, 6) is -1.99. The molecular weight excluding hydrogens is 328 g/mol. The molecule has 23 heavy (non-hydrogen) atoms. The van der Waals surface area contributed by atoms with Crippen molar-refractivity contribution in [3.05, 3.63) is 0 Å². The van der Waals surface area contributed by atoms with Crippen LogP contribution in [-0.2, 0) is 29.1 Å². The van der Waals surface area contributed by atoms with Gasteiger partial charge in [0, 0.05) is 20.1 Å². The molecule has 0 aromatic rings. The highest BCUT2D eigenvalue weighted by Gasteiger charge is 2.39. The number of amides is 1. The molecule has 134 valence electrons. The molecule has 1 fully saturated rings. The topological polar surface area (TPSA) is 122 Å². The number of hydrogen-bond donors (Lipinski definition) is 2. The first-order valence-corrected chi connectivity index (χ1v) is 8.95. The van der Waals surface area contributed by atoms with Crippen LogP contribution in [-0.4, -0.2) is 81.1 Å². The van der Waals surface area contributed by atoms with Gasteiger partial charge in [0.1, 0.15) is 6.04 Å². The van der Waals surface area contributed by atoms with E-state index in [1.165, 1.54) is 7.11 Å². The number of carbonyl (C=O) groups excluding carboxylic acids is 1. The minimum atomic E-state index is -3.66. The lowest BCUT2D eigenvalue weighted by Crippen LogP contribution is -2.46. The number of methoxy groups -OCH3 is 1. The number of carboxylic acids is 1. The zero-order valence-corrected chi connectivity index (χ0v) is 14.3. The SMILES string of the molecule is COC1CC(C(=O)O)N(C(=O)CNS(=O)(=O)CCOC(C)C)C1. The summed E-state index contributed by atoms with van der Waals surface area (Å²) in [4.78, 5) is 24.4. The Morgan fingerprint density at radius 1 is 1.39 bits per heavy atom. The number of aliphatic carboxylic acids is 1. The van der Waals surface area contributed by atoms with Crippen LogP contribution in [0.5, 0.6) is 0 Å². The van der Waals surface area contributed by atoms with Crippen molar-refractivity contribution in [2.45, 2.75) is 38.5 Å². The van der Waals surface area contributed by atoms with E-state index in [1.807, 2.05) is 0 Å². The van der Waals surface area contributed by atoms with E-state index in [4.69, 9.17) is 14.6 Å². The van der Waals surface area contributed by atoms with Crippen LogP contribution in [0, 0.1) is 0 Å². The summed E-state index contributed by atoms with van der Waals surface area (Å²) >= 11 is 0. The maximum absolute atomic E-state index is 12.1. The second-order valence-corrected chi connectivity index (χ2v) is 7.48. The summed E-state index contributed by atoms with van der Waals surface area (Å²) in [6.45, 7) is 3.24. The zero-order valence-electron chi connectivity index (χ0n) is 13.5. The molecule has 0 aliphatic carbocycles. The third kappa shape index (κ3) is 6.42. The summed E-state index contributed by atoms with van der Waals surface area (Å²) < 4.78 is 35.9. The maximum Gasteiger partial charge on any atom is 0.326 e. The van der Waals surface area contributed by atoms with Crippen molar-refractivity contribution in [1.82, 2.24) is 9.62 Å². The lowest BCUT2D eigenvalue weighted by molar-refractivity contribution is -0.147. The van der Waals surface area contributed by atoms with Crippen LogP contribution in [0.25, 0.3) is 0 Å². The molecule has 2 unspecified atom stereocenters. The van der Waals surface area contributed by atoms with Gasteiger partial charge < -0.3 is 19.5 Å². The molecule has 10 heteroatoms. The van der Waals surface area contributed by atoms with Crippen molar-refractivity contribution in [1.29, 1.82) is 0 Å². The lowest BCUT2D eigenvalue weighted by atomic mass is 10.2. The van der Waals surface area contributed by atoms with Gasteiger partial charge in [0.15, 0.2) is 0 Å². The molecule has 2 atom stereocenters. The third-order valence-electron chi connectivity index (χ3n) is 3.45. The van der Waals surface area contributed by atoms with Crippen LogP contribution in [0.15, 0.2) is 0 Å². The zero-order chi connectivity index (χ0) is 17.6. The Hall–Kier alpha value is -1.23. The number of nitrogens with one attached hydrogen (secondary N) is 1. The molecular formula is C13H24N2O7S. The van der Waals surface area contributed by atoms with Gasteiger partial charge in [-0.1, -0.05) is 0 Å². The predicted molar refractivity (Wildman–Crippen MR) is 81.4 cm³/mol. The van der Waals surface area contributed by atoms with Gasteiger partial charge in [0.05, 0.1) is 31.1 Å². The fraction of sp³-hybridized carbons (Fsp3) is 0.846. The van der Waals surface area contributed by atoms with E-state index in [2.05, 4.69) is 4.72 Å². The van der Waals surface area contributed by atoms with Crippen molar-refractivity contribution in [2.24, 2.45) is 0 Å². The van der Waals surface area contributed by atoms with E-state index in [9.17, 15) is 18.0 Å². The molecule has 0 aromatic carbocycles. The molecule has 1 rings (SSSR count). The third-order valence-corrected chi connectivity index (χ3v) is 4.74. The minimum Gasteiger partial charge on any atom is -0.480 e. The highest BCUT2D eigenvalue weighted by Crippen LogP contribution is 2.20. The summed E-state index contributed by atoms with van der Waals surface area (Å²) in [6, 6.07) is -0.999. The quantitative estimate of drug-likeness (QED) is 0.547. The van der Waals surface area contributed by atoms with Crippen molar-refractivity contribution < 1.29 is 32.6 Å². The van der Waals surface area contributed by atoms with Crippen LogP contribution in [0.3, 0.4) is 0 Å². The van der Waals surface area contributed by atoms with Crippen LogP contribution in [0.1, 0.15) is 20.3 Å². The van der Waals surface area contributed by atoms with E-state index in [1.54, 1.807) is 13.8 Å². The van der Waals surface area contributed by atoms with Crippen molar-refractivity contribution in [3.8, 4) is 0 Å². The van der Waals surface area contributed by atoms with E-state index < -0.39 is 34.5 Å². The van der Waals surface area contributed by atoms with Gasteiger partial charge >= 0.3 is 5.97 Å². The maximum atomic E-state index is 12.1. The van der Waals surface area contributed by atoms with Gasteiger partial charge in [0.2, 0.25) is 15.9 Å². The van der Waals surface area contributed by atoms with Gasteiger partial charge in [-0.25, -0.2) is 17.9 Å². The fourth-order valence-corrected chi connectivity index (χ4v) is 3.02. The molecule has 0 spiro atoms. The summed E-state index contributed by atoms with van der Waals surface area (Å²) in [7, 11) is -2.22. The first-order chi connectivity index (χ1) is 10.7. The highest BCUT2D eigenvalue weighted by molar-refractivity contribution is 7.89. The summed E-state index contributed by atoms with van der Waals surface area (Å²) in [6.07, 6.45) is -0.262. The van der Waals surface area contributed by atoms with Gasteiger partial charge in [-0.2, -0.15) is 0 Å². The predicted octanol–water partition coefficient (Wildman–Crippen LogP) is -0.969. The molecule has 0 aromatic heterocycles. The minimum absolute atomic E-state index is 0.0222. The Kier molecular flexibility index (Phi) is 7.39. The van der Waals surface area contributed by atoms with Crippen molar-refractivity contribution in [2.75, 3.05) is 32.6 Å². The number of hydrogen-bond acceptors (Lipinski definition) is 6. The number of carboxylic acid groups (broad SMARTS) is 1. The molecule has 0 radical (unpaired) electrons. The number of rotatable bonds is 9. The van der Waals surface area contributed by atoms with Crippen molar-refractivity contribution in [3.63, 3.8) is 0 Å². The average molecular weight is 352 g/mol. The molecule has 0 bridgehead atoms. The summed E-state index contributed by atoms with van der Waals surface area (Å²) in [5.41, 5.74) is 0. The van der Waals surface area contributed by atoms with E-state index >= 15 is 0 Å². The van der Waals surface area contributed by atoms with E-state index in [0.717, 1.165) is 4.90 Å². The fourth-order valence-electron chi connectivity index (χ4n) is 2.22. The number of ether oxygens (including phenoxy) is 2. The van der Waals surface area contributed by atoms with E-state index in [-0.39, 0.29) is 37.5 Å². The summed E-state index contributed by atoms with van der Waals surface area (Å²) in [5, 5.41) is 9.14. The normalized spacial score (nSPS) is 21.8. The number of sulfonamides is 1. The van der Waals surface area contributed by atoms with Gasteiger partial charge in [0.25, 0.3) is 0 Å². The monoisotopic (exact) mass is 352 g/mol. The molecule has 0 saturated carbocycles. The molecule has 1 amide bonds. The molecule has 1 heterocycles. The van der Waals surface area contributed by atoms with E-state index in [0.29, 0.717) is 0 Å². The van der Waals surface area contributed by atoms with Crippen LogP contribution >= 0.6 is 0 Å². The second-order valence-electron chi connectivity index (χ2n) is 5.55. The largest absolute Gasteiger partial charge is 0.480 e. The molecule has 1 saturated heterocycles. The smallest absolute Gasteiger partial charge is 0.326 e. The second kappa shape index (κ2) is 8.57. The Balaban J connectivity index is 2.53. The first-order valence-electron chi connectivity index (χ1n) is 7.30. The van der Waals surface area contributed by atoms with Gasteiger partial charge in [-0.3, -0.25) is 4.79 Å². The Bertz CT molecular complexity index is 520. The molecule has 1 aliphatic heterocycles. The van der Waals surface area contributed by atoms with Gasteiger partial charge in [-0.15, -0.1) is 0 Å². The standard InChI is InChI=1S/C13H24N2O7S/c1-9(2)22-4-5-23(19,20)14-7-12(16)15-8-10(21-3)6-11(15)13(17)18/h9-11,14H,4-8H2,1-3H3,(H,17,18). The average Bonchev–Trinajstić information content (AvgIpc) is 2.88. The molecule has 2 N–H and O–H groups in total. The highest BCUT2D eigenvalue weighted by atomic mass is 32.2. The molecule has 9 nitrogen and oxygen atoms in total. The molecule has 1 aliphatic rings. The van der Waals surface area contributed by atoms with Crippen LogP contribution < -0.4 is 4.72 Å². The van der Waals surface area contributed by atoms with Gasteiger partial charge in [-0.05, 0) is 13.8 Å². The Morgan fingerprint density at radius 3 is 2.57 bits per heavy atom. The number of carbonyl (C=O) groups is 2. The Labute approximate surface area is 136 Å². The Morgan fingerprint density at radius 2 is 2.04 bits per heavy atom.